The first-order chi connectivity index (χ1) is 9.61. The van der Waals surface area contributed by atoms with Crippen molar-refractivity contribution in [2.75, 3.05) is 0 Å². The van der Waals surface area contributed by atoms with Gasteiger partial charge in [-0.15, -0.1) is 0 Å². The number of benzene rings is 2. The van der Waals surface area contributed by atoms with Crippen molar-refractivity contribution in [2.45, 2.75) is 6.92 Å². The highest BCUT2D eigenvalue weighted by molar-refractivity contribution is 5.88. The van der Waals surface area contributed by atoms with Gasteiger partial charge in [0.15, 0.2) is 0 Å². The number of aryl methyl sites for hydroxylation is 1. The summed E-state index contributed by atoms with van der Waals surface area (Å²) in [5.74, 6) is 0.225. The van der Waals surface area contributed by atoms with Crippen molar-refractivity contribution in [2.24, 2.45) is 0 Å². The van der Waals surface area contributed by atoms with E-state index in [4.69, 9.17) is 9.84 Å². The minimum atomic E-state index is -0.966. The van der Waals surface area contributed by atoms with Gasteiger partial charge in [-0.3, -0.25) is 0 Å². The van der Waals surface area contributed by atoms with Gasteiger partial charge in [-0.25, -0.2) is 4.79 Å². The Balaban J connectivity index is 1.92. The number of hydrogen-bond acceptors (Lipinski definition) is 2. The number of carboxylic acid groups (broad SMARTS) is 1. The molecular weight excluding hydrogens is 254 g/mol. The number of nitrogens with one attached hydrogen (secondary N) is 1. The lowest BCUT2D eigenvalue weighted by molar-refractivity contribution is 0.0696. The Kier molecular flexibility index (Phi) is 2.91. The fraction of sp³-hybridized carbons (Fsp3) is 0.0625. The molecule has 0 bridgehead atoms. The maximum atomic E-state index is 10.9. The van der Waals surface area contributed by atoms with Crippen LogP contribution < -0.4 is 4.74 Å². The molecule has 0 unspecified atom stereocenters. The summed E-state index contributed by atoms with van der Waals surface area (Å²) >= 11 is 0. The Labute approximate surface area is 115 Å². The Hall–Kier alpha value is -2.75. The molecule has 3 rings (SSSR count). The van der Waals surface area contributed by atoms with E-state index in [-0.39, 0.29) is 5.56 Å². The third-order valence-corrected chi connectivity index (χ3v) is 3.04. The van der Waals surface area contributed by atoms with Crippen molar-refractivity contribution in [3.8, 4) is 11.5 Å². The standard InChI is InChI=1S/C16H13NO3/c1-10-7-12-9-14(5-6-15(12)17-10)20-13-4-2-3-11(8-13)16(18)19/h2-9,17H,1H3,(H,18,19). The van der Waals surface area contributed by atoms with Crippen LogP contribution >= 0.6 is 0 Å². The zero-order chi connectivity index (χ0) is 14.1. The lowest BCUT2D eigenvalue weighted by Crippen LogP contribution is -1.96. The summed E-state index contributed by atoms with van der Waals surface area (Å²) < 4.78 is 5.71. The second kappa shape index (κ2) is 4.74. The summed E-state index contributed by atoms with van der Waals surface area (Å²) in [5.41, 5.74) is 2.35. The molecular formula is C16H13NO3. The van der Waals surface area contributed by atoms with E-state index in [0.29, 0.717) is 11.5 Å². The van der Waals surface area contributed by atoms with Crippen LogP contribution in [0.15, 0.2) is 48.5 Å². The topological polar surface area (TPSA) is 62.3 Å². The lowest BCUT2D eigenvalue weighted by Gasteiger charge is -2.06. The third kappa shape index (κ3) is 2.36. The van der Waals surface area contributed by atoms with Crippen LogP contribution in [0.2, 0.25) is 0 Å². The summed E-state index contributed by atoms with van der Waals surface area (Å²) in [6, 6.07) is 14.2. The van der Waals surface area contributed by atoms with E-state index >= 15 is 0 Å². The molecule has 4 nitrogen and oxygen atoms in total. The molecule has 3 aromatic rings. The molecule has 0 amide bonds. The van der Waals surface area contributed by atoms with Crippen molar-refractivity contribution in [3.63, 3.8) is 0 Å². The molecule has 1 aromatic heterocycles. The van der Waals surface area contributed by atoms with E-state index in [9.17, 15) is 4.79 Å². The number of hydrogen-bond donors (Lipinski definition) is 2. The Morgan fingerprint density at radius 1 is 1.10 bits per heavy atom. The molecule has 20 heavy (non-hydrogen) atoms. The van der Waals surface area contributed by atoms with Crippen LogP contribution in [-0.4, -0.2) is 16.1 Å². The van der Waals surface area contributed by atoms with Gasteiger partial charge in [0.1, 0.15) is 11.5 Å². The number of ether oxygens (including phenoxy) is 1. The number of rotatable bonds is 3. The molecule has 0 spiro atoms. The molecule has 2 N–H and O–H groups in total. The van der Waals surface area contributed by atoms with E-state index < -0.39 is 5.97 Å². The quantitative estimate of drug-likeness (QED) is 0.754. The second-order valence-corrected chi connectivity index (χ2v) is 4.64. The van der Waals surface area contributed by atoms with Gasteiger partial charge in [0.25, 0.3) is 0 Å². The fourth-order valence-electron chi connectivity index (χ4n) is 2.15. The molecule has 100 valence electrons. The van der Waals surface area contributed by atoms with Gasteiger partial charge in [0, 0.05) is 16.6 Å². The first-order valence-corrected chi connectivity index (χ1v) is 6.22. The smallest absolute Gasteiger partial charge is 0.335 e. The van der Waals surface area contributed by atoms with Crippen LogP contribution in [0.5, 0.6) is 11.5 Å². The largest absolute Gasteiger partial charge is 0.478 e. The third-order valence-electron chi connectivity index (χ3n) is 3.04. The number of H-pyrrole nitrogens is 1. The monoisotopic (exact) mass is 267 g/mol. The van der Waals surface area contributed by atoms with Gasteiger partial charge >= 0.3 is 5.97 Å². The zero-order valence-electron chi connectivity index (χ0n) is 10.9. The van der Waals surface area contributed by atoms with Crippen LogP contribution in [0.4, 0.5) is 0 Å². The van der Waals surface area contributed by atoms with Crippen molar-refractivity contribution >= 4 is 16.9 Å². The van der Waals surface area contributed by atoms with Crippen LogP contribution in [-0.2, 0) is 0 Å². The average molecular weight is 267 g/mol. The molecule has 1 heterocycles. The first kappa shape index (κ1) is 12.3. The van der Waals surface area contributed by atoms with Crippen molar-refractivity contribution in [1.82, 2.24) is 4.98 Å². The first-order valence-electron chi connectivity index (χ1n) is 6.22. The van der Waals surface area contributed by atoms with Gasteiger partial charge in [0.05, 0.1) is 5.56 Å². The number of aromatic amines is 1. The van der Waals surface area contributed by atoms with E-state index in [1.807, 2.05) is 31.2 Å². The minimum absolute atomic E-state index is 0.209. The second-order valence-electron chi connectivity index (χ2n) is 4.64. The van der Waals surface area contributed by atoms with Crippen molar-refractivity contribution in [3.05, 3.63) is 59.8 Å². The zero-order valence-corrected chi connectivity index (χ0v) is 10.9. The van der Waals surface area contributed by atoms with Crippen LogP contribution in [0, 0.1) is 6.92 Å². The molecule has 0 aliphatic carbocycles. The lowest BCUT2D eigenvalue weighted by atomic mass is 10.2. The SMILES string of the molecule is Cc1cc2cc(Oc3cccc(C(=O)O)c3)ccc2[nH]1. The number of aromatic nitrogens is 1. The van der Waals surface area contributed by atoms with Crippen molar-refractivity contribution < 1.29 is 14.6 Å². The van der Waals surface area contributed by atoms with Gasteiger partial charge in [-0.1, -0.05) is 6.07 Å². The van der Waals surface area contributed by atoms with Crippen LogP contribution in [0.3, 0.4) is 0 Å². The number of carboxylic acids is 1. The minimum Gasteiger partial charge on any atom is -0.478 e. The fourth-order valence-corrected chi connectivity index (χ4v) is 2.15. The molecule has 0 atom stereocenters. The molecule has 4 heteroatoms. The predicted molar refractivity (Wildman–Crippen MR) is 76.5 cm³/mol. The Morgan fingerprint density at radius 2 is 1.90 bits per heavy atom. The molecule has 0 radical (unpaired) electrons. The van der Waals surface area contributed by atoms with Gasteiger partial charge in [-0.2, -0.15) is 0 Å². The van der Waals surface area contributed by atoms with E-state index in [2.05, 4.69) is 4.98 Å². The Morgan fingerprint density at radius 3 is 2.70 bits per heavy atom. The number of fused-ring (bicyclic) bond motifs is 1. The molecule has 2 aromatic carbocycles. The summed E-state index contributed by atoms with van der Waals surface area (Å²) in [6.45, 7) is 2.00. The molecule has 0 fully saturated rings. The molecule has 0 aliphatic heterocycles. The van der Waals surface area contributed by atoms with E-state index in [0.717, 1.165) is 16.6 Å². The highest BCUT2D eigenvalue weighted by Crippen LogP contribution is 2.26. The highest BCUT2D eigenvalue weighted by Gasteiger charge is 2.05. The Bertz CT molecular complexity index is 789. The summed E-state index contributed by atoms with van der Waals surface area (Å²) in [5, 5.41) is 10.0. The molecule has 0 saturated heterocycles. The summed E-state index contributed by atoms with van der Waals surface area (Å²) in [6.07, 6.45) is 0. The number of carbonyl (C=O) groups is 1. The summed E-state index contributed by atoms with van der Waals surface area (Å²) in [7, 11) is 0. The van der Waals surface area contributed by atoms with Crippen molar-refractivity contribution in [1.29, 1.82) is 0 Å². The van der Waals surface area contributed by atoms with Crippen LogP contribution in [0.25, 0.3) is 10.9 Å². The van der Waals surface area contributed by atoms with E-state index in [1.54, 1.807) is 12.1 Å². The maximum Gasteiger partial charge on any atom is 0.335 e. The maximum absolute atomic E-state index is 10.9. The number of aromatic carboxylic acids is 1. The van der Waals surface area contributed by atoms with Crippen LogP contribution in [0.1, 0.15) is 16.1 Å². The normalized spacial score (nSPS) is 10.7. The van der Waals surface area contributed by atoms with Gasteiger partial charge in [-0.05, 0) is 49.4 Å². The highest BCUT2D eigenvalue weighted by atomic mass is 16.5. The molecule has 0 saturated carbocycles. The van der Waals surface area contributed by atoms with Gasteiger partial charge < -0.3 is 14.8 Å². The van der Waals surface area contributed by atoms with E-state index in [1.165, 1.54) is 12.1 Å². The van der Waals surface area contributed by atoms with Gasteiger partial charge in [0.2, 0.25) is 0 Å². The average Bonchev–Trinajstić information content (AvgIpc) is 2.78. The summed E-state index contributed by atoms with van der Waals surface area (Å²) in [4.78, 5) is 14.2. The predicted octanol–water partition coefficient (Wildman–Crippen LogP) is 3.97. The molecule has 0 aliphatic rings.